The smallest absolute Gasteiger partial charge is 0.258 e. The van der Waals surface area contributed by atoms with E-state index in [1.54, 1.807) is 24.1 Å². The Balaban J connectivity index is 2.23. The van der Waals surface area contributed by atoms with Crippen molar-refractivity contribution in [3.63, 3.8) is 0 Å². The maximum absolute atomic E-state index is 12.3. The Labute approximate surface area is 113 Å². The van der Waals surface area contributed by atoms with Crippen LogP contribution >= 0.6 is 0 Å². The van der Waals surface area contributed by atoms with Crippen molar-refractivity contribution in [2.45, 2.75) is 13.3 Å². The number of anilines is 2. The zero-order chi connectivity index (χ0) is 13.8. The van der Waals surface area contributed by atoms with Crippen molar-refractivity contribution in [1.82, 2.24) is 0 Å². The molecular formula is C16H18N2O. The Morgan fingerprint density at radius 2 is 1.84 bits per heavy atom. The van der Waals surface area contributed by atoms with Crippen molar-refractivity contribution in [2.24, 2.45) is 0 Å². The number of nitrogen functional groups attached to an aromatic ring is 1. The lowest BCUT2D eigenvalue weighted by Gasteiger charge is -2.18. The summed E-state index contributed by atoms with van der Waals surface area (Å²) in [6, 6.07) is 15.0. The fraction of sp³-hybridized carbons (Fsp3) is 0.188. The number of rotatable bonds is 3. The summed E-state index contributed by atoms with van der Waals surface area (Å²) in [6.07, 6.45) is 0.972. The second kappa shape index (κ2) is 5.57. The fourth-order valence-corrected chi connectivity index (χ4v) is 1.93. The van der Waals surface area contributed by atoms with E-state index in [2.05, 4.69) is 6.92 Å². The number of hydrogen-bond acceptors (Lipinski definition) is 2. The molecule has 0 aliphatic rings. The first kappa shape index (κ1) is 13.1. The molecule has 0 fully saturated rings. The molecular weight excluding hydrogens is 236 g/mol. The monoisotopic (exact) mass is 254 g/mol. The Kier molecular flexibility index (Phi) is 3.85. The Hall–Kier alpha value is -2.29. The summed E-state index contributed by atoms with van der Waals surface area (Å²) in [5.41, 5.74) is 9.09. The Morgan fingerprint density at radius 1 is 1.16 bits per heavy atom. The van der Waals surface area contributed by atoms with Crippen LogP contribution in [0, 0.1) is 0 Å². The van der Waals surface area contributed by atoms with E-state index in [9.17, 15) is 4.79 Å². The molecule has 0 atom stereocenters. The van der Waals surface area contributed by atoms with Gasteiger partial charge in [-0.25, -0.2) is 0 Å². The third-order valence-electron chi connectivity index (χ3n) is 3.17. The summed E-state index contributed by atoms with van der Waals surface area (Å²) in [7, 11) is 1.75. The highest BCUT2D eigenvalue weighted by atomic mass is 16.2. The van der Waals surface area contributed by atoms with E-state index in [4.69, 9.17) is 5.73 Å². The molecule has 2 aromatic carbocycles. The van der Waals surface area contributed by atoms with Crippen LogP contribution in [0.3, 0.4) is 0 Å². The minimum absolute atomic E-state index is 0.0340. The van der Waals surface area contributed by atoms with Gasteiger partial charge in [-0.1, -0.05) is 25.1 Å². The molecule has 2 rings (SSSR count). The predicted octanol–water partition coefficient (Wildman–Crippen LogP) is 3.11. The summed E-state index contributed by atoms with van der Waals surface area (Å²) >= 11 is 0. The Bertz CT molecular complexity index is 576. The van der Waals surface area contributed by atoms with Gasteiger partial charge < -0.3 is 10.6 Å². The highest BCUT2D eigenvalue weighted by Gasteiger charge is 2.13. The molecule has 0 aliphatic carbocycles. The van der Waals surface area contributed by atoms with Crippen LogP contribution < -0.4 is 10.6 Å². The van der Waals surface area contributed by atoms with Crippen LogP contribution in [0.2, 0.25) is 0 Å². The number of amides is 1. The van der Waals surface area contributed by atoms with Crippen LogP contribution in [0.5, 0.6) is 0 Å². The van der Waals surface area contributed by atoms with E-state index in [0.29, 0.717) is 11.3 Å². The second-order valence-corrected chi connectivity index (χ2v) is 4.51. The van der Waals surface area contributed by atoms with Gasteiger partial charge in [-0.05, 0) is 42.3 Å². The molecule has 0 heterocycles. The molecule has 3 heteroatoms. The summed E-state index contributed by atoms with van der Waals surface area (Å²) < 4.78 is 0. The van der Waals surface area contributed by atoms with Crippen molar-refractivity contribution in [3.8, 4) is 0 Å². The average Bonchev–Trinajstić information content (AvgIpc) is 2.46. The number of hydrogen-bond donors (Lipinski definition) is 1. The lowest BCUT2D eigenvalue weighted by molar-refractivity contribution is 0.0993. The molecule has 0 saturated carbocycles. The molecule has 0 unspecified atom stereocenters. The normalized spacial score (nSPS) is 10.2. The predicted molar refractivity (Wildman–Crippen MR) is 79.4 cm³/mol. The third-order valence-corrected chi connectivity index (χ3v) is 3.17. The molecule has 1 amide bonds. The zero-order valence-corrected chi connectivity index (χ0v) is 11.3. The summed E-state index contributed by atoms with van der Waals surface area (Å²) in [4.78, 5) is 13.9. The molecule has 2 aromatic rings. The summed E-state index contributed by atoms with van der Waals surface area (Å²) in [5, 5.41) is 0. The van der Waals surface area contributed by atoms with Crippen LogP contribution in [-0.2, 0) is 6.42 Å². The van der Waals surface area contributed by atoms with Crippen molar-refractivity contribution in [1.29, 1.82) is 0 Å². The number of nitrogens with zero attached hydrogens (tertiary/aromatic N) is 1. The van der Waals surface area contributed by atoms with Crippen LogP contribution in [0.15, 0.2) is 48.5 Å². The third kappa shape index (κ3) is 2.94. The molecule has 98 valence electrons. The molecule has 0 aliphatic heterocycles. The first-order chi connectivity index (χ1) is 9.11. The minimum Gasteiger partial charge on any atom is -0.399 e. The molecule has 0 saturated heterocycles. The summed E-state index contributed by atoms with van der Waals surface area (Å²) in [5.74, 6) is -0.0340. The molecule has 2 N–H and O–H groups in total. The standard InChI is InChI=1S/C16H18N2O/c1-3-12-7-9-13(10-8-12)16(19)18(2)15-6-4-5-14(17)11-15/h4-11H,3,17H2,1-2H3. The lowest BCUT2D eigenvalue weighted by atomic mass is 10.1. The second-order valence-electron chi connectivity index (χ2n) is 4.51. The molecule has 0 aromatic heterocycles. The Morgan fingerprint density at radius 3 is 2.42 bits per heavy atom. The quantitative estimate of drug-likeness (QED) is 0.855. The van der Waals surface area contributed by atoms with Crippen LogP contribution in [0.4, 0.5) is 11.4 Å². The van der Waals surface area contributed by atoms with E-state index in [0.717, 1.165) is 12.1 Å². The average molecular weight is 254 g/mol. The van der Waals surface area contributed by atoms with E-state index in [1.165, 1.54) is 5.56 Å². The van der Waals surface area contributed by atoms with Gasteiger partial charge in [0.2, 0.25) is 0 Å². The van der Waals surface area contributed by atoms with Gasteiger partial charge >= 0.3 is 0 Å². The van der Waals surface area contributed by atoms with Gasteiger partial charge in [0.05, 0.1) is 0 Å². The number of benzene rings is 2. The van der Waals surface area contributed by atoms with Crippen molar-refractivity contribution in [2.75, 3.05) is 17.7 Å². The van der Waals surface area contributed by atoms with Crippen LogP contribution in [-0.4, -0.2) is 13.0 Å². The van der Waals surface area contributed by atoms with Gasteiger partial charge in [0.15, 0.2) is 0 Å². The van der Waals surface area contributed by atoms with Gasteiger partial charge in [-0.3, -0.25) is 4.79 Å². The zero-order valence-electron chi connectivity index (χ0n) is 11.3. The first-order valence-electron chi connectivity index (χ1n) is 6.34. The number of carbonyl (C=O) groups is 1. The highest BCUT2D eigenvalue weighted by Crippen LogP contribution is 2.18. The number of aryl methyl sites for hydroxylation is 1. The van der Waals surface area contributed by atoms with E-state index in [1.807, 2.05) is 36.4 Å². The molecule has 0 spiro atoms. The number of nitrogens with two attached hydrogens (primary N) is 1. The molecule has 0 radical (unpaired) electrons. The van der Waals surface area contributed by atoms with Gasteiger partial charge in [-0.15, -0.1) is 0 Å². The van der Waals surface area contributed by atoms with Gasteiger partial charge in [-0.2, -0.15) is 0 Å². The van der Waals surface area contributed by atoms with Gasteiger partial charge in [0.1, 0.15) is 0 Å². The molecule has 19 heavy (non-hydrogen) atoms. The van der Waals surface area contributed by atoms with Gasteiger partial charge in [0.25, 0.3) is 5.91 Å². The largest absolute Gasteiger partial charge is 0.399 e. The van der Waals surface area contributed by atoms with Crippen LogP contribution in [0.1, 0.15) is 22.8 Å². The van der Waals surface area contributed by atoms with Crippen molar-refractivity contribution < 1.29 is 4.79 Å². The fourth-order valence-electron chi connectivity index (χ4n) is 1.93. The van der Waals surface area contributed by atoms with Crippen LogP contribution in [0.25, 0.3) is 0 Å². The lowest BCUT2D eigenvalue weighted by Crippen LogP contribution is -2.26. The topological polar surface area (TPSA) is 46.3 Å². The van der Waals surface area contributed by atoms with E-state index >= 15 is 0 Å². The highest BCUT2D eigenvalue weighted by molar-refractivity contribution is 6.05. The molecule has 0 bridgehead atoms. The summed E-state index contributed by atoms with van der Waals surface area (Å²) in [6.45, 7) is 2.09. The maximum Gasteiger partial charge on any atom is 0.258 e. The first-order valence-corrected chi connectivity index (χ1v) is 6.34. The van der Waals surface area contributed by atoms with E-state index < -0.39 is 0 Å². The number of carbonyl (C=O) groups excluding carboxylic acids is 1. The van der Waals surface area contributed by atoms with Crippen molar-refractivity contribution >= 4 is 17.3 Å². The van der Waals surface area contributed by atoms with Gasteiger partial charge in [0, 0.05) is 24.0 Å². The maximum atomic E-state index is 12.3. The van der Waals surface area contributed by atoms with E-state index in [-0.39, 0.29) is 5.91 Å². The SMILES string of the molecule is CCc1ccc(C(=O)N(C)c2cccc(N)c2)cc1. The van der Waals surface area contributed by atoms with Crippen molar-refractivity contribution in [3.05, 3.63) is 59.7 Å². The molecule has 3 nitrogen and oxygen atoms in total. The minimum atomic E-state index is -0.0340.